The van der Waals surface area contributed by atoms with Gasteiger partial charge in [0.05, 0.1) is 0 Å². The average Bonchev–Trinajstić information content (AvgIpc) is 2.94. The van der Waals surface area contributed by atoms with Gasteiger partial charge < -0.3 is 14.8 Å². The topological polar surface area (TPSA) is 37.3 Å². The van der Waals surface area contributed by atoms with Crippen LogP contribution in [0, 0.1) is 0 Å². The largest absolute Gasteiger partial charge is 0.340 e. The number of amides is 1. The Morgan fingerprint density at radius 1 is 1.47 bits per heavy atom. The SMILES string of the molecule is CCCCN(C)C(=O)c1cccn1C1CCNCC1. The van der Waals surface area contributed by atoms with Gasteiger partial charge in [-0.3, -0.25) is 4.79 Å². The summed E-state index contributed by atoms with van der Waals surface area (Å²) in [7, 11) is 1.90. The molecule has 2 rings (SSSR count). The number of carbonyl (C=O) groups is 1. The molecule has 0 bridgehead atoms. The molecule has 0 spiro atoms. The highest BCUT2D eigenvalue weighted by Gasteiger charge is 2.21. The Morgan fingerprint density at radius 3 is 2.89 bits per heavy atom. The number of hydrogen-bond donors (Lipinski definition) is 1. The normalized spacial score (nSPS) is 16.5. The lowest BCUT2D eigenvalue weighted by Crippen LogP contribution is -2.33. The molecule has 4 heteroatoms. The van der Waals surface area contributed by atoms with Crippen LogP contribution in [0.1, 0.15) is 49.1 Å². The smallest absolute Gasteiger partial charge is 0.270 e. The first-order valence-corrected chi connectivity index (χ1v) is 7.37. The monoisotopic (exact) mass is 263 g/mol. The van der Waals surface area contributed by atoms with Crippen LogP contribution in [-0.4, -0.2) is 42.1 Å². The summed E-state index contributed by atoms with van der Waals surface area (Å²) in [5, 5.41) is 3.37. The first-order chi connectivity index (χ1) is 9.24. The number of rotatable bonds is 5. The minimum Gasteiger partial charge on any atom is -0.340 e. The highest BCUT2D eigenvalue weighted by molar-refractivity contribution is 5.92. The van der Waals surface area contributed by atoms with Crippen LogP contribution in [0.3, 0.4) is 0 Å². The molecule has 1 fully saturated rings. The molecule has 4 nitrogen and oxygen atoms in total. The quantitative estimate of drug-likeness (QED) is 0.885. The van der Waals surface area contributed by atoms with Gasteiger partial charge in [-0.1, -0.05) is 13.3 Å². The third-order valence-electron chi connectivity index (χ3n) is 3.89. The Morgan fingerprint density at radius 2 is 2.21 bits per heavy atom. The van der Waals surface area contributed by atoms with Gasteiger partial charge >= 0.3 is 0 Å². The molecule has 0 radical (unpaired) electrons. The first kappa shape index (κ1) is 14.1. The van der Waals surface area contributed by atoms with E-state index in [1.165, 1.54) is 0 Å². The number of unbranched alkanes of at least 4 members (excludes halogenated alkanes) is 1. The van der Waals surface area contributed by atoms with E-state index in [1.54, 1.807) is 0 Å². The van der Waals surface area contributed by atoms with Crippen molar-refractivity contribution in [2.24, 2.45) is 0 Å². The fourth-order valence-corrected chi connectivity index (χ4v) is 2.67. The lowest BCUT2D eigenvalue weighted by Gasteiger charge is -2.27. The van der Waals surface area contributed by atoms with Crippen molar-refractivity contribution in [1.29, 1.82) is 0 Å². The lowest BCUT2D eigenvalue weighted by atomic mass is 10.1. The summed E-state index contributed by atoms with van der Waals surface area (Å²) < 4.78 is 2.17. The molecular weight excluding hydrogens is 238 g/mol. The molecule has 1 aromatic rings. The minimum absolute atomic E-state index is 0.150. The van der Waals surface area contributed by atoms with E-state index < -0.39 is 0 Å². The summed E-state index contributed by atoms with van der Waals surface area (Å²) in [6.45, 7) is 5.08. The highest BCUT2D eigenvalue weighted by Crippen LogP contribution is 2.22. The van der Waals surface area contributed by atoms with E-state index in [4.69, 9.17) is 0 Å². The van der Waals surface area contributed by atoms with Crippen molar-refractivity contribution in [2.75, 3.05) is 26.7 Å². The molecule has 0 saturated carbocycles. The lowest BCUT2D eigenvalue weighted by molar-refractivity contribution is 0.0779. The van der Waals surface area contributed by atoms with Crippen molar-refractivity contribution < 1.29 is 4.79 Å². The van der Waals surface area contributed by atoms with Gasteiger partial charge in [0.1, 0.15) is 5.69 Å². The summed E-state index contributed by atoms with van der Waals surface area (Å²) in [5.74, 6) is 0.150. The Labute approximate surface area is 115 Å². The number of hydrogen-bond acceptors (Lipinski definition) is 2. The van der Waals surface area contributed by atoms with Gasteiger partial charge in [0, 0.05) is 25.8 Å². The first-order valence-electron chi connectivity index (χ1n) is 7.37. The zero-order chi connectivity index (χ0) is 13.7. The molecule has 0 aromatic carbocycles. The fraction of sp³-hybridized carbons (Fsp3) is 0.667. The fourth-order valence-electron chi connectivity index (χ4n) is 2.67. The van der Waals surface area contributed by atoms with Gasteiger partial charge in [0.2, 0.25) is 0 Å². The van der Waals surface area contributed by atoms with Crippen molar-refractivity contribution >= 4 is 5.91 Å². The molecule has 0 atom stereocenters. The zero-order valence-corrected chi connectivity index (χ0v) is 12.1. The molecule has 19 heavy (non-hydrogen) atoms. The van der Waals surface area contributed by atoms with E-state index in [9.17, 15) is 4.79 Å². The maximum absolute atomic E-state index is 12.5. The van der Waals surface area contributed by atoms with Crippen LogP contribution in [0.5, 0.6) is 0 Å². The molecule has 1 aliphatic heterocycles. The van der Waals surface area contributed by atoms with Gasteiger partial charge in [0.25, 0.3) is 5.91 Å². The Hall–Kier alpha value is -1.29. The maximum atomic E-state index is 12.5. The number of piperidine rings is 1. The third kappa shape index (κ3) is 3.38. The van der Waals surface area contributed by atoms with Crippen LogP contribution < -0.4 is 5.32 Å². The molecule has 0 unspecified atom stereocenters. The highest BCUT2D eigenvalue weighted by atomic mass is 16.2. The van der Waals surface area contributed by atoms with E-state index in [0.29, 0.717) is 6.04 Å². The second-order valence-corrected chi connectivity index (χ2v) is 5.36. The average molecular weight is 263 g/mol. The van der Waals surface area contributed by atoms with E-state index in [2.05, 4.69) is 23.0 Å². The van der Waals surface area contributed by atoms with Crippen molar-refractivity contribution in [3.05, 3.63) is 24.0 Å². The number of nitrogens with one attached hydrogen (secondary N) is 1. The second-order valence-electron chi connectivity index (χ2n) is 5.36. The molecule has 0 aliphatic carbocycles. The van der Waals surface area contributed by atoms with Crippen molar-refractivity contribution in [3.8, 4) is 0 Å². The maximum Gasteiger partial charge on any atom is 0.270 e. The van der Waals surface area contributed by atoms with Crippen LogP contribution in [0.15, 0.2) is 18.3 Å². The Balaban J connectivity index is 2.07. The Bertz CT molecular complexity index is 407. The van der Waals surface area contributed by atoms with E-state index in [0.717, 1.165) is 51.0 Å². The molecule has 1 N–H and O–H groups in total. The third-order valence-corrected chi connectivity index (χ3v) is 3.89. The van der Waals surface area contributed by atoms with Crippen molar-refractivity contribution in [3.63, 3.8) is 0 Å². The molecule has 1 saturated heterocycles. The molecule has 2 heterocycles. The predicted octanol–water partition coefficient (Wildman–Crippen LogP) is 2.28. The van der Waals surface area contributed by atoms with E-state index in [1.807, 2.05) is 24.1 Å². The van der Waals surface area contributed by atoms with E-state index in [-0.39, 0.29) is 5.91 Å². The van der Waals surface area contributed by atoms with Crippen molar-refractivity contribution in [1.82, 2.24) is 14.8 Å². The van der Waals surface area contributed by atoms with Crippen LogP contribution in [0.2, 0.25) is 0 Å². The Kier molecular flexibility index (Phi) is 5.02. The van der Waals surface area contributed by atoms with Crippen molar-refractivity contribution in [2.45, 2.75) is 38.6 Å². The summed E-state index contributed by atoms with van der Waals surface area (Å²) in [4.78, 5) is 14.3. The molecule has 1 aromatic heterocycles. The van der Waals surface area contributed by atoms with Crippen LogP contribution in [-0.2, 0) is 0 Å². The van der Waals surface area contributed by atoms with Crippen LogP contribution >= 0.6 is 0 Å². The van der Waals surface area contributed by atoms with Crippen LogP contribution in [0.25, 0.3) is 0 Å². The molecular formula is C15H25N3O. The van der Waals surface area contributed by atoms with Gasteiger partial charge in [-0.2, -0.15) is 0 Å². The summed E-state index contributed by atoms with van der Waals surface area (Å²) in [6.07, 6.45) is 6.45. The summed E-state index contributed by atoms with van der Waals surface area (Å²) >= 11 is 0. The number of carbonyl (C=O) groups excluding carboxylic acids is 1. The van der Waals surface area contributed by atoms with Gasteiger partial charge in [-0.25, -0.2) is 0 Å². The number of nitrogens with zero attached hydrogens (tertiary/aromatic N) is 2. The second kappa shape index (κ2) is 6.75. The molecule has 1 aliphatic rings. The zero-order valence-electron chi connectivity index (χ0n) is 12.1. The van der Waals surface area contributed by atoms with Gasteiger partial charge in [-0.05, 0) is 44.5 Å². The molecule has 106 valence electrons. The standard InChI is InChI=1S/C15H25N3O/c1-3-4-11-17(2)15(19)14-6-5-12-18(14)13-7-9-16-10-8-13/h5-6,12-13,16H,3-4,7-11H2,1-2H3. The van der Waals surface area contributed by atoms with Crippen LogP contribution in [0.4, 0.5) is 0 Å². The van der Waals surface area contributed by atoms with Gasteiger partial charge in [0.15, 0.2) is 0 Å². The summed E-state index contributed by atoms with van der Waals surface area (Å²) in [5.41, 5.74) is 0.838. The predicted molar refractivity (Wildman–Crippen MR) is 77.4 cm³/mol. The summed E-state index contributed by atoms with van der Waals surface area (Å²) in [6, 6.07) is 4.41. The molecule has 1 amide bonds. The van der Waals surface area contributed by atoms with Gasteiger partial charge in [-0.15, -0.1) is 0 Å². The minimum atomic E-state index is 0.150. The van der Waals surface area contributed by atoms with E-state index >= 15 is 0 Å². The number of aromatic nitrogens is 1.